The highest BCUT2D eigenvalue weighted by Crippen LogP contribution is 2.51. The Labute approximate surface area is 225 Å². The molecule has 38 heavy (non-hydrogen) atoms. The number of aromatic nitrogens is 4. The average molecular weight is 528 g/mol. The number of benzene rings is 2. The van der Waals surface area contributed by atoms with Crippen LogP contribution in [-0.4, -0.2) is 26.0 Å². The lowest BCUT2D eigenvalue weighted by Crippen LogP contribution is -2.26. The lowest BCUT2D eigenvalue weighted by molar-refractivity contribution is 0.440. The van der Waals surface area contributed by atoms with Crippen LogP contribution < -0.4 is 10.6 Å². The summed E-state index contributed by atoms with van der Waals surface area (Å²) < 4.78 is 15.7. The topological polar surface area (TPSA) is 91.5 Å². The second-order valence-corrected chi connectivity index (χ2v) is 11.2. The zero-order chi connectivity index (χ0) is 25.8. The van der Waals surface area contributed by atoms with Gasteiger partial charge in [0.2, 0.25) is 0 Å². The van der Waals surface area contributed by atoms with E-state index in [4.69, 9.17) is 11.6 Å². The molecule has 0 aliphatic heterocycles. The van der Waals surface area contributed by atoms with Crippen molar-refractivity contribution >= 4 is 33.9 Å². The SMILES string of the molecule is N#Cc1cnc2c(Cl)cc(NC(c3ccc(F)cc3)c3cn(C4CC4)nn3)cc2c1NC1CCCC2CC21. The Morgan fingerprint density at radius 2 is 1.97 bits per heavy atom. The molecule has 3 aliphatic rings. The van der Waals surface area contributed by atoms with Crippen molar-refractivity contribution in [2.24, 2.45) is 11.8 Å². The molecule has 2 aromatic carbocycles. The minimum Gasteiger partial charge on any atom is -0.380 e. The third kappa shape index (κ3) is 4.35. The molecule has 2 N–H and O–H groups in total. The van der Waals surface area contributed by atoms with Crippen LogP contribution in [0.5, 0.6) is 0 Å². The summed E-state index contributed by atoms with van der Waals surface area (Å²) in [7, 11) is 0. The van der Waals surface area contributed by atoms with Crippen molar-refractivity contribution in [2.75, 3.05) is 10.6 Å². The molecule has 0 spiro atoms. The van der Waals surface area contributed by atoms with Gasteiger partial charge in [-0.05, 0) is 67.3 Å². The fourth-order valence-corrected chi connectivity index (χ4v) is 6.22. The van der Waals surface area contributed by atoms with Gasteiger partial charge in [-0.15, -0.1) is 5.10 Å². The molecule has 3 saturated carbocycles. The van der Waals surface area contributed by atoms with Gasteiger partial charge >= 0.3 is 0 Å². The Morgan fingerprint density at radius 1 is 1.13 bits per heavy atom. The van der Waals surface area contributed by atoms with E-state index in [0.717, 1.165) is 53.2 Å². The molecule has 4 atom stereocenters. The van der Waals surface area contributed by atoms with Crippen molar-refractivity contribution in [1.29, 1.82) is 5.26 Å². The smallest absolute Gasteiger partial charge is 0.123 e. The van der Waals surface area contributed by atoms with E-state index in [1.807, 2.05) is 23.0 Å². The summed E-state index contributed by atoms with van der Waals surface area (Å²) in [5.41, 5.74) is 4.30. The van der Waals surface area contributed by atoms with Crippen molar-refractivity contribution < 1.29 is 4.39 Å². The molecule has 4 aromatic rings. The Morgan fingerprint density at radius 3 is 2.76 bits per heavy atom. The van der Waals surface area contributed by atoms with Crippen molar-refractivity contribution in [1.82, 2.24) is 20.0 Å². The number of nitrogens with one attached hydrogen (secondary N) is 2. The van der Waals surface area contributed by atoms with Gasteiger partial charge in [-0.2, -0.15) is 5.26 Å². The van der Waals surface area contributed by atoms with Gasteiger partial charge in [0.05, 0.1) is 40.1 Å². The first-order valence-corrected chi connectivity index (χ1v) is 13.7. The first kappa shape index (κ1) is 23.4. The average Bonchev–Trinajstić information content (AvgIpc) is 3.86. The Balaban J connectivity index is 1.28. The largest absolute Gasteiger partial charge is 0.380 e. The van der Waals surface area contributed by atoms with Crippen LogP contribution in [0.1, 0.15) is 67.4 Å². The molecular weight excluding hydrogens is 501 g/mol. The van der Waals surface area contributed by atoms with Crippen molar-refractivity contribution in [3.05, 3.63) is 76.5 Å². The summed E-state index contributed by atoms with van der Waals surface area (Å²) in [5.74, 6) is 1.18. The van der Waals surface area contributed by atoms with Crippen molar-refractivity contribution in [2.45, 2.75) is 56.7 Å². The molecule has 0 radical (unpaired) electrons. The van der Waals surface area contributed by atoms with Crippen LogP contribution in [0.4, 0.5) is 15.8 Å². The Hall–Kier alpha value is -3.70. The summed E-state index contributed by atoms with van der Waals surface area (Å²) in [6.07, 6.45) is 10.6. The van der Waals surface area contributed by atoms with Crippen molar-refractivity contribution in [3.63, 3.8) is 0 Å². The number of hydrogen-bond acceptors (Lipinski definition) is 6. The van der Waals surface area contributed by atoms with Gasteiger partial charge in [0, 0.05) is 23.3 Å². The number of hydrogen-bond donors (Lipinski definition) is 2. The first-order chi connectivity index (χ1) is 18.6. The van der Waals surface area contributed by atoms with Gasteiger partial charge in [0.25, 0.3) is 0 Å². The third-order valence-electron chi connectivity index (χ3n) is 8.22. The monoisotopic (exact) mass is 527 g/mol. The summed E-state index contributed by atoms with van der Waals surface area (Å²) in [4.78, 5) is 4.52. The van der Waals surface area contributed by atoms with Gasteiger partial charge < -0.3 is 10.6 Å². The van der Waals surface area contributed by atoms with E-state index in [1.54, 1.807) is 18.3 Å². The van der Waals surface area contributed by atoms with Crippen LogP contribution in [0, 0.1) is 29.0 Å². The zero-order valence-electron chi connectivity index (χ0n) is 20.7. The van der Waals surface area contributed by atoms with E-state index in [2.05, 4.69) is 32.0 Å². The number of halogens is 2. The minimum atomic E-state index is -0.370. The van der Waals surface area contributed by atoms with E-state index >= 15 is 0 Å². The minimum absolute atomic E-state index is 0.297. The molecule has 4 unspecified atom stereocenters. The maximum absolute atomic E-state index is 13.8. The predicted molar refractivity (Wildman–Crippen MR) is 144 cm³/mol. The molecule has 7 rings (SSSR count). The lowest BCUT2D eigenvalue weighted by Gasteiger charge is -2.25. The maximum atomic E-state index is 13.8. The van der Waals surface area contributed by atoms with Gasteiger partial charge in [0.1, 0.15) is 17.6 Å². The highest BCUT2D eigenvalue weighted by Gasteiger charge is 2.45. The van der Waals surface area contributed by atoms with Gasteiger partial charge in [-0.1, -0.05) is 41.8 Å². The highest BCUT2D eigenvalue weighted by molar-refractivity contribution is 6.35. The Bertz CT molecular complexity index is 1560. The quantitative estimate of drug-likeness (QED) is 0.280. The van der Waals surface area contributed by atoms with Crippen molar-refractivity contribution in [3.8, 4) is 6.07 Å². The molecule has 9 heteroatoms. The van der Waals surface area contributed by atoms with Gasteiger partial charge in [-0.25, -0.2) is 9.07 Å². The Kier molecular flexibility index (Phi) is 5.70. The molecule has 2 aromatic heterocycles. The second kappa shape index (κ2) is 9.25. The number of rotatable bonds is 7. The molecule has 192 valence electrons. The van der Waals surface area contributed by atoms with E-state index in [0.29, 0.717) is 34.1 Å². The predicted octanol–water partition coefficient (Wildman–Crippen LogP) is 6.63. The molecule has 7 nitrogen and oxygen atoms in total. The first-order valence-electron chi connectivity index (χ1n) is 13.3. The van der Waals surface area contributed by atoms with Crippen LogP contribution in [0.3, 0.4) is 0 Å². The molecule has 0 bridgehead atoms. The number of fused-ring (bicyclic) bond motifs is 2. The number of pyridine rings is 1. The normalized spacial score (nSPS) is 22.9. The number of nitriles is 1. The van der Waals surface area contributed by atoms with Crippen LogP contribution in [0.15, 0.2) is 48.8 Å². The fraction of sp³-hybridized carbons (Fsp3) is 0.379. The zero-order valence-corrected chi connectivity index (χ0v) is 21.5. The molecule has 3 aliphatic carbocycles. The summed E-state index contributed by atoms with van der Waals surface area (Å²) in [6, 6.07) is 12.9. The second-order valence-electron chi connectivity index (χ2n) is 10.8. The van der Waals surface area contributed by atoms with E-state index in [-0.39, 0.29) is 11.9 Å². The van der Waals surface area contributed by atoms with E-state index in [9.17, 15) is 9.65 Å². The van der Waals surface area contributed by atoms with Gasteiger partial charge in [-0.3, -0.25) is 4.98 Å². The number of anilines is 2. The van der Waals surface area contributed by atoms with Crippen LogP contribution in [-0.2, 0) is 0 Å². The summed E-state index contributed by atoms with van der Waals surface area (Å²) in [6.45, 7) is 0. The third-order valence-corrected chi connectivity index (χ3v) is 8.51. The standard InChI is InChI=1S/C29H27ClFN7/c30-24-12-20(34-28(16-4-6-19(31)7-5-16)26-15-38(37-36-26)21-8-9-21)11-23-27(18(13-32)14-33-29(23)24)35-25-3-1-2-17-10-22(17)25/h4-7,11-12,14-15,17,21-22,25,28,34H,1-3,8-10H2,(H,33,35). The molecular formula is C29H27ClFN7. The van der Waals surface area contributed by atoms with E-state index in [1.165, 1.54) is 31.4 Å². The maximum Gasteiger partial charge on any atom is 0.123 e. The molecule has 2 heterocycles. The molecule has 0 saturated heterocycles. The molecule has 0 amide bonds. The molecule has 3 fully saturated rings. The van der Waals surface area contributed by atoms with Crippen LogP contribution >= 0.6 is 11.6 Å². The van der Waals surface area contributed by atoms with Crippen LogP contribution in [0.25, 0.3) is 10.9 Å². The lowest BCUT2D eigenvalue weighted by atomic mass is 9.94. The highest BCUT2D eigenvalue weighted by atomic mass is 35.5. The van der Waals surface area contributed by atoms with Gasteiger partial charge in [0.15, 0.2) is 0 Å². The van der Waals surface area contributed by atoms with E-state index < -0.39 is 0 Å². The number of nitrogens with zero attached hydrogens (tertiary/aromatic N) is 5. The summed E-state index contributed by atoms with van der Waals surface area (Å²) >= 11 is 6.76. The fourth-order valence-electron chi connectivity index (χ4n) is 5.95. The summed E-state index contributed by atoms with van der Waals surface area (Å²) in [5, 5.41) is 27.3. The van der Waals surface area contributed by atoms with Crippen LogP contribution in [0.2, 0.25) is 5.02 Å².